The van der Waals surface area contributed by atoms with E-state index < -0.39 is 0 Å². The number of carbonyl (C=O) groups is 2. The molecule has 9 heteroatoms. The highest BCUT2D eigenvalue weighted by atomic mass is 16.3. The normalized spacial score (nSPS) is 14.9. The van der Waals surface area contributed by atoms with Crippen molar-refractivity contribution in [3.63, 3.8) is 0 Å². The molecular formula is C27H24N6O3. The van der Waals surface area contributed by atoms with Crippen molar-refractivity contribution < 1.29 is 14.7 Å². The third-order valence-corrected chi connectivity index (χ3v) is 6.18. The number of imidazole rings is 1. The van der Waals surface area contributed by atoms with Crippen molar-refractivity contribution in [2.45, 2.75) is 32.4 Å². The Hall–Kier alpha value is -4.55. The third kappa shape index (κ3) is 4.30. The minimum Gasteiger partial charge on any atom is -0.390 e. The van der Waals surface area contributed by atoms with Gasteiger partial charge in [0.1, 0.15) is 11.6 Å². The van der Waals surface area contributed by atoms with Crippen LogP contribution in [0.1, 0.15) is 47.7 Å². The SMILES string of the molecule is CC#CC(=O)N1CCC[C@H]1c1nc(-c2ccc(C(=O)Nc3ccccn3)cc2)c2c(CO)nccn12. The topological polar surface area (TPSA) is 113 Å². The van der Waals surface area contributed by atoms with Gasteiger partial charge in [-0.25, -0.2) is 9.97 Å². The van der Waals surface area contributed by atoms with Crippen LogP contribution in [0.3, 0.4) is 0 Å². The van der Waals surface area contributed by atoms with Gasteiger partial charge in [0.2, 0.25) is 0 Å². The highest BCUT2D eigenvalue weighted by molar-refractivity contribution is 6.04. The molecule has 1 atom stereocenters. The van der Waals surface area contributed by atoms with Crippen LogP contribution in [0.25, 0.3) is 16.8 Å². The summed E-state index contributed by atoms with van der Waals surface area (Å²) in [7, 11) is 0. The van der Waals surface area contributed by atoms with E-state index in [1.807, 2.05) is 16.5 Å². The molecule has 0 radical (unpaired) electrons. The lowest BCUT2D eigenvalue weighted by molar-refractivity contribution is -0.126. The van der Waals surface area contributed by atoms with Crippen molar-refractivity contribution in [1.29, 1.82) is 0 Å². The second kappa shape index (κ2) is 9.98. The van der Waals surface area contributed by atoms with Gasteiger partial charge in [-0.1, -0.05) is 24.1 Å². The lowest BCUT2D eigenvalue weighted by Crippen LogP contribution is -2.30. The lowest BCUT2D eigenvalue weighted by Gasteiger charge is -2.21. The van der Waals surface area contributed by atoms with E-state index in [2.05, 4.69) is 27.1 Å². The molecule has 0 saturated carbocycles. The Morgan fingerprint density at radius 2 is 1.97 bits per heavy atom. The molecule has 4 heterocycles. The average molecular weight is 481 g/mol. The predicted molar refractivity (Wildman–Crippen MR) is 134 cm³/mol. The molecule has 4 aromatic rings. The van der Waals surface area contributed by atoms with Gasteiger partial charge in [0, 0.05) is 36.3 Å². The second-order valence-electron chi connectivity index (χ2n) is 8.35. The molecule has 1 aliphatic rings. The molecule has 36 heavy (non-hydrogen) atoms. The highest BCUT2D eigenvalue weighted by Gasteiger charge is 2.33. The largest absolute Gasteiger partial charge is 0.390 e. The summed E-state index contributed by atoms with van der Waals surface area (Å²) in [5.41, 5.74) is 3.01. The number of rotatable bonds is 5. The zero-order valence-corrected chi connectivity index (χ0v) is 19.7. The fourth-order valence-electron chi connectivity index (χ4n) is 4.54. The van der Waals surface area contributed by atoms with Crippen LogP contribution in [0, 0.1) is 11.8 Å². The van der Waals surface area contributed by atoms with Crippen molar-refractivity contribution in [2.75, 3.05) is 11.9 Å². The van der Waals surface area contributed by atoms with Gasteiger partial charge in [-0.2, -0.15) is 0 Å². The van der Waals surface area contributed by atoms with Crippen LogP contribution in [0.2, 0.25) is 0 Å². The number of pyridine rings is 1. The lowest BCUT2D eigenvalue weighted by atomic mass is 10.1. The maximum Gasteiger partial charge on any atom is 0.299 e. The molecule has 5 rings (SSSR count). The third-order valence-electron chi connectivity index (χ3n) is 6.18. The number of aliphatic hydroxyl groups excluding tert-OH is 1. The molecular weight excluding hydrogens is 456 g/mol. The van der Waals surface area contributed by atoms with E-state index in [-0.39, 0.29) is 24.5 Å². The highest BCUT2D eigenvalue weighted by Crippen LogP contribution is 2.36. The molecule has 0 unspecified atom stereocenters. The number of benzene rings is 1. The molecule has 180 valence electrons. The number of nitrogens with zero attached hydrogens (tertiary/aromatic N) is 5. The number of anilines is 1. The fraction of sp³-hybridized carbons (Fsp3) is 0.222. The fourth-order valence-corrected chi connectivity index (χ4v) is 4.54. The van der Waals surface area contributed by atoms with E-state index in [1.54, 1.807) is 60.7 Å². The first kappa shape index (κ1) is 23.2. The molecule has 1 saturated heterocycles. The number of aromatic nitrogens is 4. The smallest absolute Gasteiger partial charge is 0.299 e. The number of hydrogen-bond acceptors (Lipinski definition) is 6. The molecule has 2 amide bonds. The van der Waals surface area contributed by atoms with Crippen LogP contribution in [0.15, 0.2) is 61.1 Å². The van der Waals surface area contributed by atoms with E-state index in [4.69, 9.17) is 4.98 Å². The quantitative estimate of drug-likeness (QED) is 0.424. The molecule has 0 bridgehead atoms. The van der Waals surface area contributed by atoms with Crippen LogP contribution < -0.4 is 5.32 Å². The van der Waals surface area contributed by atoms with Crippen molar-refractivity contribution in [3.8, 4) is 23.1 Å². The Labute approximate surface area is 207 Å². The van der Waals surface area contributed by atoms with E-state index in [9.17, 15) is 14.7 Å². The van der Waals surface area contributed by atoms with Crippen LogP contribution in [-0.2, 0) is 11.4 Å². The molecule has 1 aromatic carbocycles. The number of likely N-dealkylation sites (tertiary alicyclic amines) is 1. The standard InChI is InChI=1S/C27H24N6O3/c1-2-6-23(35)32-15-5-7-21(32)26-31-24(25-20(17-34)28-14-16-33(25)26)18-9-11-19(12-10-18)27(36)30-22-8-3-4-13-29-22/h3-4,8-14,16,21,34H,5,7,15,17H2,1H3,(H,29,30,36)/t21-/m0/s1. The number of nitrogens with one attached hydrogen (secondary N) is 1. The van der Waals surface area contributed by atoms with Gasteiger partial charge in [0.15, 0.2) is 0 Å². The number of fused-ring (bicyclic) bond motifs is 1. The molecule has 2 N–H and O–H groups in total. The second-order valence-corrected chi connectivity index (χ2v) is 8.35. The van der Waals surface area contributed by atoms with E-state index in [0.29, 0.717) is 40.7 Å². The van der Waals surface area contributed by atoms with E-state index in [1.165, 1.54) is 0 Å². The molecule has 0 aliphatic carbocycles. The first-order valence-corrected chi connectivity index (χ1v) is 11.6. The number of hydrogen-bond donors (Lipinski definition) is 2. The van der Waals surface area contributed by atoms with Gasteiger partial charge in [-0.15, -0.1) is 0 Å². The van der Waals surface area contributed by atoms with Crippen molar-refractivity contribution in [3.05, 3.63) is 78.1 Å². The van der Waals surface area contributed by atoms with Crippen LogP contribution >= 0.6 is 0 Å². The van der Waals surface area contributed by atoms with Crippen LogP contribution in [0.4, 0.5) is 5.82 Å². The summed E-state index contributed by atoms with van der Waals surface area (Å²) in [6.45, 7) is 1.99. The van der Waals surface area contributed by atoms with Crippen molar-refractivity contribution in [2.24, 2.45) is 0 Å². The monoisotopic (exact) mass is 480 g/mol. The Balaban J connectivity index is 1.53. The zero-order chi connectivity index (χ0) is 25.1. The first-order chi connectivity index (χ1) is 17.6. The number of aliphatic hydroxyl groups is 1. The summed E-state index contributed by atoms with van der Waals surface area (Å²) in [5.74, 6) is 5.99. The molecule has 1 aliphatic heterocycles. The molecule has 0 spiro atoms. The maximum atomic E-state index is 12.6. The van der Waals surface area contributed by atoms with Crippen LogP contribution in [-0.4, -0.2) is 47.7 Å². The number of amides is 2. The summed E-state index contributed by atoms with van der Waals surface area (Å²) in [5, 5.41) is 12.8. The Morgan fingerprint density at radius 3 is 2.69 bits per heavy atom. The van der Waals surface area contributed by atoms with E-state index >= 15 is 0 Å². The molecule has 1 fully saturated rings. The summed E-state index contributed by atoms with van der Waals surface area (Å²) in [6.07, 6.45) is 6.64. The van der Waals surface area contributed by atoms with Gasteiger partial charge < -0.3 is 15.3 Å². The summed E-state index contributed by atoms with van der Waals surface area (Å²) in [4.78, 5) is 40.4. The zero-order valence-electron chi connectivity index (χ0n) is 19.7. The van der Waals surface area contributed by atoms with Gasteiger partial charge in [0.05, 0.1) is 29.6 Å². The van der Waals surface area contributed by atoms with Gasteiger partial charge in [-0.05, 0) is 50.0 Å². The van der Waals surface area contributed by atoms with Gasteiger partial charge in [-0.3, -0.25) is 19.0 Å². The Bertz CT molecular complexity index is 1490. The van der Waals surface area contributed by atoms with E-state index in [0.717, 1.165) is 18.4 Å². The van der Waals surface area contributed by atoms with Crippen LogP contribution in [0.5, 0.6) is 0 Å². The Kier molecular flexibility index (Phi) is 6.43. The summed E-state index contributed by atoms with van der Waals surface area (Å²) >= 11 is 0. The summed E-state index contributed by atoms with van der Waals surface area (Å²) < 4.78 is 1.89. The molecule has 9 nitrogen and oxygen atoms in total. The molecule has 3 aromatic heterocycles. The Morgan fingerprint density at radius 1 is 1.14 bits per heavy atom. The summed E-state index contributed by atoms with van der Waals surface area (Å²) in [6, 6.07) is 12.1. The average Bonchev–Trinajstić information content (AvgIpc) is 3.54. The first-order valence-electron chi connectivity index (χ1n) is 11.6. The van der Waals surface area contributed by atoms with Gasteiger partial charge >= 0.3 is 0 Å². The minimum atomic E-state index is -0.273. The predicted octanol–water partition coefficient (Wildman–Crippen LogP) is 3.22. The van der Waals surface area contributed by atoms with Crippen molar-refractivity contribution >= 4 is 23.1 Å². The maximum absolute atomic E-state index is 12.6. The van der Waals surface area contributed by atoms with Crippen molar-refractivity contribution in [1.82, 2.24) is 24.3 Å². The van der Waals surface area contributed by atoms with Gasteiger partial charge in [0.25, 0.3) is 11.8 Å². The number of carbonyl (C=O) groups excluding carboxylic acids is 2. The minimum absolute atomic E-state index is 0.224.